The Morgan fingerprint density at radius 3 is 2.60 bits per heavy atom. The first-order valence-corrected chi connectivity index (χ1v) is 11.0. The molecule has 0 unspecified atom stereocenters. The average molecular weight is 385 g/mol. The van der Waals surface area contributed by atoms with Crippen molar-refractivity contribution >= 4 is 30.8 Å². The van der Waals surface area contributed by atoms with Gasteiger partial charge in [-0.15, -0.1) is 0 Å². The standard InChI is InChI=1S/C15H19N3O5S2/c16-6-8-18(12-9-24(20,21)10-13(12)19)25(22,23)14-5-1-3-11-4-2-7-17-15(11)14/h1-5,7,12-13,19H,6,8-10,16H2/t12-,13+/m1/s1. The average Bonchev–Trinajstić information content (AvgIpc) is 2.84. The smallest absolute Gasteiger partial charge is 0.245 e. The third-order valence-electron chi connectivity index (χ3n) is 4.20. The molecule has 2 aromatic rings. The molecule has 3 rings (SSSR count). The summed E-state index contributed by atoms with van der Waals surface area (Å²) in [6.45, 7) is -0.0938. The lowest BCUT2D eigenvalue weighted by atomic mass is 10.2. The molecule has 1 aliphatic rings. The molecular formula is C15H19N3O5S2. The van der Waals surface area contributed by atoms with Gasteiger partial charge in [-0.1, -0.05) is 18.2 Å². The third kappa shape index (κ3) is 3.40. The van der Waals surface area contributed by atoms with Crippen molar-refractivity contribution in [3.8, 4) is 0 Å². The number of nitrogens with zero attached hydrogens (tertiary/aromatic N) is 2. The van der Waals surface area contributed by atoms with E-state index in [9.17, 15) is 21.9 Å². The number of para-hydroxylation sites is 1. The highest BCUT2D eigenvalue weighted by atomic mass is 32.2. The predicted molar refractivity (Wildman–Crippen MR) is 93.1 cm³/mol. The summed E-state index contributed by atoms with van der Waals surface area (Å²) in [6, 6.07) is 7.14. The quantitative estimate of drug-likeness (QED) is 0.699. The Balaban J connectivity index is 2.12. The molecule has 2 atom stereocenters. The summed E-state index contributed by atoms with van der Waals surface area (Å²) in [6.07, 6.45) is 0.206. The van der Waals surface area contributed by atoms with Crippen LogP contribution in [-0.2, 0) is 19.9 Å². The summed E-state index contributed by atoms with van der Waals surface area (Å²) in [5.74, 6) is -0.881. The van der Waals surface area contributed by atoms with Crippen LogP contribution in [0.25, 0.3) is 10.9 Å². The number of fused-ring (bicyclic) bond motifs is 1. The summed E-state index contributed by atoms with van der Waals surface area (Å²) in [5.41, 5.74) is 5.84. The Kier molecular flexibility index (Phi) is 4.82. The number of hydrogen-bond acceptors (Lipinski definition) is 7. The number of hydrogen-bond donors (Lipinski definition) is 2. The second-order valence-corrected chi connectivity index (χ2v) is 9.96. The number of aromatic nitrogens is 1. The first-order valence-electron chi connectivity index (χ1n) is 7.70. The zero-order valence-corrected chi connectivity index (χ0v) is 14.9. The summed E-state index contributed by atoms with van der Waals surface area (Å²) < 4.78 is 51.0. The molecule has 3 N–H and O–H groups in total. The number of sulfonamides is 1. The number of benzene rings is 1. The van der Waals surface area contributed by atoms with E-state index in [4.69, 9.17) is 5.73 Å². The third-order valence-corrected chi connectivity index (χ3v) is 7.85. The van der Waals surface area contributed by atoms with Crippen molar-refractivity contribution in [2.75, 3.05) is 24.6 Å². The van der Waals surface area contributed by atoms with Gasteiger partial charge in [0, 0.05) is 24.7 Å². The zero-order chi connectivity index (χ0) is 18.2. The van der Waals surface area contributed by atoms with E-state index in [1.165, 1.54) is 12.3 Å². The minimum Gasteiger partial charge on any atom is -0.390 e. The van der Waals surface area contributed by atoms with Gasteiger partial charge in [-0.05, 0) is 12.1 Å². The highest BCUT2D eigenvalue weighted by Gasteiger charge is 2.44. The normalized spacial score (nSPS) is 23.3. The van der Waals surface area contributed by atoms with E-state index in [-0.39, 0.29) is 18.0 Å². The van der Waals surface area contributed by atoms with Crippen LogP contribution in [-0.4, -0.2) is 68.0 Å². The molecule has 1 saturated heterocycles. The van der Waals surface area contributed by atoms with Gasteiger partial charge >= 0.3 is 0 Å². The first-order chi connectivity index (χ1) is 11.8. The predicted octanol–water partition coefficient (Wildman–Crippen LogP) is -0.658. The second-order valence-electron chi connectivity index (χ2n) is 5.95. The van der Waals surface area contributed by atoms with Crippen molar-refractivity contribution in [2.45, 2.75) is 17.0 Å². The van der Waals surface area contributed by atoms with Gasteiger partial charge in [-0.3, -0.25) is 4.98 Å². The number of pyridine rings is 1. The molecule has 0 bridgehead atoms. The fourth-order valence-electron chi connectivity index (χ4n) is 3.09. The van der Waals surface area contributed by atoms with Crippen LogP contribution in [0.3, 0.4) is 0 Å². The SMILES string of the molecule is NCCN([C@@H]1CS(=O)(=O)C[C@@H]1O)S(=O)(=O)c1cccc2cccnc12. The van der Waals surface area contributed by atoms with Crippen LogP contribution in [0, 0.1) is 0 Å². The van der Waals surface area contributed by atoms with Gasteiger partial charge in [0.05, 0.1) is 29.2 Å². The number of rotatable bonds is 5. The first kappa shape index (κ1) is 18.2. The molecule has 0 spiro atoms. The van der Waals surface area contributed by atoms with Gasteiger partial charge < -0.3 is 10.8 Å². The maximum Gasteiger partial charge on any atom is 0.245 e. The van der Waals surface area contributed by atoms with Crippen molar-refractivity contribution in [3.63, 3.8) is 0 Å². The molecule has 10 heteroatoms. The number of aliphatic hydroxyl groups is 1. The van der Waals surface area contributed by atoms with Crippen molar-refractivity contribution in [3.05, 3.63) is 36.5 Å². The van der Waals surface area contributed by atoms with E-state index in [1.54, 1.807) is 24.3 Å². The molecule has 0 saturated carbocycles. The van der Waals surface area contributed by atoms with Gasteiger partial charge in [0.25, 0.3) is 0 Å². The molecule has 2 heterocycles. The Morgan fingerprint density at radius 1 is 1.24 bits per heavy atom. The van der Waals surface area contributed by atoms with E-state index in [1.807, 2.05) is 0 Å². The summed E-state index contributed by atoms with van der Waals surface area (Å²) in [7, 11) is -7.60. The van der Waals surface area contributed by atoms with Gasteiger partial charge in [0.1, 0.15) is 4.90 Å². The van der Waals surface area contributed by atoms with E-state index in [0.29, 0.717) is 10.9 Å². The maximum absolute atomic E-state index is 13.2. The summed E-state index contributed by atoms with van der Waals surface area (Å²) >= 11 is 0. The van der Waals surface area contributed by atoms with E-state index < -0.39 is 43.5 Å². The highest BCUT2D eigenvalue weighted by molar-refractivity contribution is 7.92. The molecule has 8 nitrogen and oxygen atoms in total. The molecule has 1 aliphatic heterocycles. The lowest BCUT2D eigenvalue weighted by Crippen LogP contribution is -2.48. The number of sulfone groups is 1. The van der Waals surface area contributed by atoms with Crippen LogP contribution in [0.1, 0.15) is 0 Å². The van der Waals surface area contributed by atoms with Crippen LogP contribution >= 0.6 is 0 Å². The summed E-state index contributed by atoms with van der Waals surface area (Å²) in [4.78, 5) is 4.11. The van der Waals surface area contributed by atoms with Gasteiger partial charge in [-0.25, -0.2) is 16.8 Å². The minimum atomic E-state index is -4.09. The van der Waals surface area contributed by atoms with E-state index in [0.717, 1.165) is 4.31 Å². The molecule has 1 aromatic carbocycles. The number of nitrogens with two attached hydrogens (primary N) is 1. The zero-order valence-electron chi connectivity index (χ0n) is 13.3. The molecule has 1 fully saturated rings. The second kappa shape index (κ2) is 6.61. The van der Waals surface area contributed by atoms with Gasteiger partial charge in [0.15, 0.2) is 9.84 Å². The molecule has 0 amide bonds. The lowest BCUT2D eigenvalue weighted by molar-refractivity contribution is 0.129. The van der Waals surface area contributed by atoms with Crippen molar-refractivity contribution < 1.29 is 21.9 Å². The lowest BCUT2D eigenvalue weighted by Gasteiger charge is -2.29. The molecule has 1 aromatic heterocycles. The Hall–Kier alpha value is -1.59. The van der Waals surface area contributed by atoms with Crippen molar-refractivity contribution in [2.24, 2.45) is 5.73 Å². The van der Waals surface area contributed by atoms with Gasteiger partial charge in [0.2, 0.25) is 10.0 Å². The Bertz CT molecular complexity index is 986. The minimum absolute atomic E-state index is 0.000687. The van der Waals surface area contributed by atoms with E-state index in [2.05, 4.69) is 4.98 Å². The molecule has 0 aliphatic carbocycles. The van der Waals surface area contributed by atoms with Gasteiger partial charge in [-0.2, -0.15) is 4.31 Å². The number of aliphatic hydroxyl groups excluding tert-OH is 1. The largest absolute Gasteiger partial charge is 0.390 e. The van der Waals surface area contributed by atoms with Crippen LogP contribution in [0.2, 0.25) is 0 Å². The monoisotopic (exact) mass is 385 g/mol. The Morgan fingerprint density at radius 2 is 1.96 bits per heavy atom. The fraction of sp³-hybridized carbons (Fsp3) is 0.400. The maximum atomic E-state index is 13.2. The molecule has 136 valence electrons. The van der Waals surface area contributed by atoms with Crippen LogP contribution in [0.4, 0.5) is 0 Å². The van der Waals surface area contributed by atoms with Crippen LogP contribution in [0.15, 0.2) is 41.4 Å². The topological polar surface area (TPSA) is 131 Å². The fourth-order valence-corrected chi connectivity index (χ4v) is 6.82. The summed E-state index contributed by atoms with van der Waals surface area (Å²) in [5, 5.41) is 10.8. The van der Waals surface area contributed by atoms with Crippen molar-refractivity contribution in [1.29, 1.82) is 0 Å². The van der Waals surface area contributed by atoms with Crippen molar-refractivity contribution in [1.82, 2.24) is 9.29 Å². The Labute approximate surface area is 146 Å². The molecule has 0 radical (unpaired) electrons. The highest BCUT2D eigenvalue weighted by Crippen LogP contribution is 2.28. The molecule has 25 heavy (non-hydrogen) atoms. The van der Waals surface area contributed by atoms with Crippen LogP contribution < -0.4 is 5.73 Å². The van der Waals surface area contributed by atoms with E-state index >= 15 is 0 Å². The van der Waals surface area contributed by atoms with Crippen LogP contribution in [0.5, 0.6) is 0 Å². The molecular weight excluding hydrogens is 366 g/mol.